The van der Waals surface area contributed by atoms with Crippen molar-refractivity contribution in [3.63, 3.8) is 0 Å². The molecule has 46 heavy (non-hydrogen) atoms. The number of hydrogen-bond acceptors (Lipinski definition) is 0. The van der Waals surface area contributed by atoms with E-state index >= 15 is 0 Å². The molecule has 6 aromatic carbocycles. The number of rotatable bonds is 4. The Hall–Kier alpha value is -2.64. The first kappa shape index (κ1) is 37.8. The molecule has 0 aromatic heterocycles. The van der Waals surface area contributed by atoms with Gasteiger partial charge in [-0.3, -0.25) is 0 Å². The average molecular weight is 767 g/mol. The van der Waals surface area contributed by atoms with Crippen molar-refractivity contribution in [3.8, 4) is 0 Å². The van der Waals surface area contributed by atoms with Gasteiger partial charge in [-0.15, -0.1) is 57.9 Å². The van der Waals surface area contributed by atoms with E-state index in [1.165, 1.54) is 24.3 Å². The zero-order valence-corrected chi connectivity index (χ0v) is 30.0. The van der Waals surface area contributed by atoms with Crippen LogP contribution in [0.25, 0.3) is 21.5 Å². The molecule has 0 N–H and O–H groups in total. The van der Waals surface area contributed by atoms with Crippen LogP contribution in [0, 0.1) is 0 Å². The van der Waals surface area contributed by atoms with Gasteiger partial charge in [-0.25, -0.2) is 0 Å². The van der Waals surface area contributed by atoms with Crippen molar-refractivity contribution < 1.29 is 47.2 Å². The summed E-state index contributed by atoms with van der Waals surface area (Å²) in [6.07, 6.45) is -7.30. The van der Waals surface area contributed by atoms with Gasteiger partial charge in [0.15, 0.2) is 0 Å². The van der Waals surface area contributed by atoms with E-state index in [0.29, 0.717) is 34.4 Å². The maximum absolute atomic E-state index is 12.8. The van der Waals surface area contributed by atoms with Crippen molar-refractivity contribution >= 4 is 48.1 Å². The van der Waals surface area contributed by atoms with Crippen LogP contribution in [0.1, 0.15) is 33.4 Å². The Kier molecular flexibility index (Phi) is 14.8. The third-order valence-corrected chi connectivity index (χ3v) is 6.81. The van der Waals surface area contributed by atoms with Gasteiger partial charge in [0.1, 0.15) is 0 Å². The van der Waals surface area contributed by atoms with Gasteiger partial charge in [-0.2, -0.15) is 38.5 Å². The number of fused-ring (bicyclic) bond motifs is 2. The van der Waals surface area contributed by atoms with Gasteiger partial charge in [-0.1, -0.05) is 97.0 Å². The zero-order valence-electron chi connectivity index (χ0n) is 25.0. The van der Waals surface area contributed by atoms with Crippen LogP contribution in [0.3, 0.4) is 0 Å². The molecule has 0 aliphatic rings. The summed E-state index contributed by atoms with van der Waals surface area (Å²) in [6, 6.07) is 35.2. The molecule has 0 unspecified atom stereocenters. The summed E-state index contributed by atoms with van der Waals surface area (Å²) in [5.74, 6) is 0. The predicted molar refractivity (Wildman–Crippen MR) is 177 cm³/mol. The van der Waals surface area contributed by atoms with E-state index in [9.17, 15) is 26.3 Å². The Balaban J connectivity index is 0.000000214. The molecule has 0 aliphatic heterocycles. The molecule has 0 bridgehead atoms. The van der Waals surface area contributed by atoms with E-state index in [4.69, 9.17) is 17.0 Å². The molecule has 10 heteroatoms. The van der Waals surface area contributed by atoms with Crippen LogP contribution in [0.2, 0.25) is 13.1 Å². The van der Waals surface area contributed by atoms with E-state index in [-0.39, 0.29) is 0 Å². The molecular weight excluding hydrogens is 737 g/mol. The third-order valence-electron chi connectivity index (χ3n) is 6.81. The van der Waals surface area contributed by atoms with Gasteiger partial charge in [0.05, 0.1) is 0 Å². The normalized spacial score (nSPS) is 11.0. The first-order valence-electron chi connectivity index (χ1n) is 14.0. The Labute approximate surface area is 286 Å². The fourth-order valence-electron chi connectivity index (χ4n) is 4.87. The number of benzene rings is 4. The maximum atomic E-state index is 12.8. The average Bonchev–Trinajstić information content (AvgIpc) is 3.66. The van der Waals surface area contributed by atoms with Crippen LogP contribution in [0.15, 0.2) is 121 Å². The molecule has 6 rings (SSSR count). The van der Waals surface area contributed by atoms with E-state index in [1.807, 2.05) is 72.8 Å². The first-order chi connectivity index (χ1) is 21.9. The van der Waals surface area contributed by atoms with Crippen molar-refractivity contribution in [2.24, 2.45) is 0 Å². The molecule has 0 atom stereocenters. The van der Waals surface area contributed by atoms with Crippen molar-refractivity contribution in [2.45, 2.75) is 38.3 Å². The Bertz CT molecular complexity index is 1630. The predicted octanol–water partition coefficient (Wildman–Crippen LogP) is 12.5. The molecule has 0 saturated heterocycles. The van der Waals surface area contributed by atoms with Crippen molar-refractivity contribution in [3.05, 3.63) is 155 Å². The summed E-state index contributed by atoms with van der Waals surface area (Å²) in [5, 5.41) is 2.66. The molecular formula is C36H30Cl2F6SiZr. The second-order valence-corrected chi connectivity index (χ2v) is 15.0. The summed E-state index contributed by atoms with van der Waals surface area (Å²) < 4.78 is 76.7. The van der Waals surface area contributed by atoms with Gasteiger partial charge in [0.2, 0.25) is 0 Å². The van der Waals surface area contributed by atoms with Crippen LogP contribution in [-0.4, -0.2) is 9.52 Å². The van der Waals surface area contributed by atoms with Gasteiger partial charge >= 0.3 is 50.2 Å². The molecule has 0 heterocycles. The van der Waals surface area contributed by atoms with Gasteiger partial charge in [0.25, 0.3) is 0 Å². The molecule has 238 valence electrons. The van der Waals surface area contributed by atoms with Crippen LogP contribution in [0.5, 0.6) is 0 Å². The number of hydrogen-bond donors (Lipinski definition) is 0. The molecule has 0 spiro atoms. The standard InChI is InChI=1S/2C17H12F3.C2H6Si.2ClH.Zr/c2*18-17(19,20)15-10-14-8-4-7-13(16(14)11-15)9-12-5-2-1-3-6-12;1-3-2;;;/h2*1-8,10-11H,9H2;1-2H3;2*1H;/q2*-1;;;;+4/p-2. The van der Waals surface area contributed by atoms with Crippen molar-refractivity contribution in [2.75, 3.05) is 0 Å². The fourth-order valence-corrected chi connectivity index (χ4v) is 4.87. The second-order valence-electron chi connectivity index (χ2n) is 10.2. The number of halogens is 8. The van der Waals surface area contributed by atoms with Crippen molar-refractivity contribution in [1.82, 2.24) is 0 Å². The quantitative estimate of drug-likeness (QED) is 0.0952. The van der Waals surface area contributed by atoms with Gasteiger partial charge in [0, 0.05) is 9.52 Å². The molecule has 2 radical (unpaired) electrons. The summed E-state index contributed by atoms with van der Waals surface area (Å²) in [5.41, 5.74) is 2.87. The molecule has 6 aromatic rings. The SMILES string of the molecule is C[Si]C.FC(F)(F)c1cc2c(Cc3ccccc3)cccc2[cH-]1.FC(F)(F)c1cc2c(Cc3ccccc3)cccc2[cH-]1.[Cl][Zr+2][Cl]. The Morgan fingerprint density at radius 3 is 1.20 bits per heavy atom. The number of alkyl halides is 6. The summed E-state index contributed by atoms with van der Waals surface area (Å²) in [6.45, 7) is 4.31. The van der Waals surface area contributed by atoms with Crippen LogP contribution in [-0.2, 0) is 46.0 Å². The fraction of sp³-hybridized carbons (Fsp3) is 0.167. The van der Waals surface area contributed by atoms with E-state index in [2.05, 4.69) is 13.1 Å². The van der Waals surface area contributed by atoms with Gasteiger partial charge in [-0.05, 0) is 35.1 Å². The van der Waals surface area contributed by atoms with Crippen LogP contribution >= 0.6 is 17.0 Å². The van der Waals surface area contributed by atoms with E-state index in [0.717, 1.165) is 31.8 Å². The van der Waals surface area contributed by atoms with E-state index < -0.39 is 44.3 Å². The minimum atomic E-state index is -4.29. The topological polar surface area (TPSA) is 0 Å². The molecule has 0 saturated carbocycles. The first-order valence-corrected chi connectivity index (χ1v) is 22.4. The summed E-state index contributed by atoms with van der Waals surface area (Å²) >= 11 is -0.826. The third kappa shape index (κ3) is 11.3. The van der Waals surface area contributed by atoms with Crippen molar-refractivity contribution in [1.29, 1.82) is 0 Å². The monoisotopic (exact) mass is 764 g/mol. The molecule has 0 amide bonds. The summed E-state index contributed by atoms with van der Waals surface area (Å²) in [4.78, 5) is 0. The van der Waals surface area contributed by atoms with Crippen LogP contribution in [0.4, 0.5) is 26.3 Å². The van der Waals surface area contributed by atoms with E-state index in [1.54, 1.807) is 24.3 Å². The second kappa shape index (κ2) is 18.1. The summed E-state index contributed by atoms with van der Waals surface area (Å²) in [7, 11) is 11.0. The molecule has 0 fully saturated rings. The molecule has 0 aliphatic carbocycles. The minimum absolute atomic E-state index is 0.576. The molecule has 0 nitrogen and oxygen atoms in total. The Morgan fingerprint density at radius 2 is 0.891 bits per heavy atom. The Morgan fingerprint density at radius 1 is 0.565 bits per heavy atom. The zero-order chi connectivity index (χ0) is 33.7. The van der Waals surface area contributed by atoms with Crippen LogP contribution < -0.4 is 0 Å². The van der Waals surface area contributed by atoms with Gasteiger partial charge < -0.3 is 0 Å².